The smallest absolute Gasteiger partial charge is 0.0164 e. The number of hydrogen-bond donors (Lipinski definition) is 0. The summed E-state index contributed by atoms with van der Waals surface area (Å²) in [5.41, 5.74) is 2.06. The van der Waals surface area contributed by atoms with Crippen molar-refractivity contribution in [3.63, 3.8) is 0 Å². The van der Waals surface area contributed by atoms with Crippen LogP contribution in [-0.2, 0) is 0 Å². The van der Waals surface area contributed by atoms with E-state index in [0.717, 1.165) is 10.8 Å². The highest BCUT2D eigenvalue weighted by molar-refractivity contribution is 5.48. The van der Waals surface area contributed by atoms with Gasteiger partial charge >= 0.3 is 0 Å². The lowest BCUT2D eigenvalue weighted by Crippen LogP contribution is -2.57. The van der Waals surface area contributed by atoms with Gasteiger partial charge in [-0.2, -0.15) is 0 Å². The van der Waals surface area contributed by atoms with Crippen LogP contribution in [-0.4, -0.2) is 0 Å². The maximum absolute atomic E-state index is 1.73. The molecule has 0 aromatic heterocycles. The minimum atomic E-state index is 1.02. The van der Waals surface area contributed by atoms with Crippen molar-refractivity contribution in [1.82, 2.24) is 0 Å². The third kappa shape index (κ3) is 0.245. The second-order valence-corrected chi connectivity index (χ2v) is 7.88. The summed E-state index contributed by atoms with van der Waals surface area (Å²) in [6, 6.07) is 0. The molecule has 0 heteroatoms. The fourth-order valence-corrected chi connectivity index (χ4v) is 9.53. The molecule has 8 saturated carbocycles. The summed E-state index contributed by atoms with van der Waals surface area (Å²) in [7, 11) is 0. The van der Waals surface area contributed by atoms with E-state index in [1.54, 1.807) is 25.7 Å². The average molecular weight is 184 g/mol. The lowest BCUT2D eigenvalue weighted by atomic mass is 9.42. The molecule has 0 radical (unpaired) electrons. The van der Waals surface area contributed by atoms with Gasteiger partial charge in [0.15, 0.2) is 0 Å². The van der Waals surface area contributed by atoms with Gasteiger partial charge in [0.1, 0.15) is 0 Å². The normalized spacial score (nSPS) is 96.0. The maximum Gasteiger partial charge on any atom is -0.0164 e. The van der Waals surface area contributed by atoms with E-state index in [1.165, 1.54) is 47.3 Å². The first-order chi connectivity index (χ1) is 6.90. The third-order valence-corrected chi connectivity index (χ3v) is 8.85. The number of rotatable bonds is 0. The van der Waals surface area contributed by atoms with Crippen molar-refractivity contribution in [1.29, 1.82) is 0 Å². The summed E-state index contributed by atoms with van der Waals surface area (Å²) in [5, 5.41) is 0. The van der Waals surface area contributed by atoms with Crippen molar-refractivity contribution in [2.45, 2.75) is 25.7 Å². The van der Waals surface area contributed by atoms with Gasteiger partial charge in [0.2, 0.25) is 0 Å². The minimum Gasteiger partial charge on any atom is -0.0467 e. The highest BCUT2D eigenvalue weighted by Crippen LogP contribution is 3.05. The zero-order valence-electron chi connectivity index (χ0n) is 8.45. The van der Waals surface area contributed by atoms with Crippen LogP contribution in [0.5, 0.6) is 0 Å². The van der Waals surface area contributed by atoms with Crippen molar-refractivity contribution in [2.24, 2.45) is 58.2 Å². The minimum absolute atomic E-state index is 1.02. The Balaban J connectivity index is 1.75. The van der Waals surface area contributed by atoms with Crippen molar-refractivity contribution >= 4 is 0 Å². The maximum atomic E-state index is 1.73. The SMILES string of the molecule is C1C2CC3C1C1C34CC3C5C4CC2C351. The van der Waals surface area contributed by atoms with Crippen molar-refractivity contribution in [3.05, 3.63) is 0 Å². The monoisotopic (exact) mass is 184 g/mol. The van der Waals surface area contributed by atoms with Gasteiger partial charge < -0.3 is 0 Å². The Morgan fingerprint density at radius 2 is 1.86 bits per heavy atom. The quantitative estimate of drug-likeness (QED) is 0.542. The van der Waals surface area contributed by atoms with Gasteiger partial charge in [-0.1, -0.05) is 0 Å². The Bertz CT molecular complexity index is 424. The van der Waals surface area contributed by atoms with Crippen LogP contribution in [0.3, 0.4) is 0 Å². The summed E-state index contributed by atoms with van der Waals surface area (Å²) in [6.45, 7) is 0. The molecule has 10 unspecified atom stereocenters. The topological polar surface area (TPSA) is 0 Å². The van der Waals surface area contributed by atoms with Crippen LogP contribution < -0.4 is 0 Å². The molecule has 0 saturated heterocycles. The molecule has 0 nitrogen and oxygen atoms in total. The standard InChI is InChI=1S/C14H16/c1-5-2-8-6(1)12-13(8)4-10-11-9(13)3-7(5)14(10,11)12/h5-12H,1-4H2. The first-order valence-corrected chi connectivity index (χ1v) is 6.90. The molecule has 0 aromatic carbocycles. The average Bonchev–Trinajstić information content (AvgIpc) is 2.61. The van der Waals surface area contributed by atoms with Gasteiger partial charge in [0, 0.05) is 0 Å². The highest BCUT2D eigenvalue weighted by Gasteiger charge is 3.01. The molecule has 0 aliphatic heterocycles. The lowest BCUT2D eigenvalue weighted by Gasteiger charge is -2.62. The van der Waals surface area contributed by atoms with Crippen LogP contribution in [0.4, 0.5) is 0 Å². The summed E-state index contributed by atoms with van der Waals surface area (Å²) >= 11 is 0. The predicted octanol–water partition coefficient (Wildman–Crippen LogP) is 2.54. The predicted molar refractivity (Wildman–Crippen MR) is 51.3 cm³/mol. The Morgan fingerprint density at radius 1 is 0.857 bits per heavy atom. The molecule has 2 spiro atoms. The van der Waals surface area contributed by atoms with E-state index in [0.29, 0.717) is 0 Å². The zero-order chi connectivity index (χ0) is 8.45. The first-order valence-electron chi connectivity index (χ1n) is 6.90. The van der Waals surface area contributed by atoms with Gasteiger partial charge in [-0.15, -0.1) is 0 Å². The molecule has 0 heterocycles. The van der Waals surface area contributed by atoms with Crippen molar-refractivity contribution in [3.8, 4) is 0 Å². The van der Waals surface area contributed by atoms with Crippen LogP contribution in [0, 0.1) is 58.2 Å². The van der Waals surface area contributed by atoms with Gasteiger partial charge in [-0.3, -0.25) is 0 Å². The van der Waals surface area contributed by atoms with E-state index in [2.05, 4.69) is 0 Å². The Morgan fingerprint density at radius 3 is 2.79 bits per heavy atom. The van der Waals surface area contributed by atoms with Crippen LogP contribution >= 0.6 is 0 Å². The van der Waals surface area contributed by atoms with Crippen LogP contribution in [0.1, 0.15) is 25.7 Å². The van der Waals surface area contributed by atoms with Crippen molar-refractivity contribution in [2.75, 3.05) is 0 Å². The molecule has 8 aliphatic carbocycles. The van der Waals surface area contributed by atoms with E-state index in [9.17, 15) is 0 Å². The third-order valence-electron chi connectivity index (χ3n) is 8.85. The molecule has 0 N–H and O–H groups in total. The first kappa shape index (κ1) is 5.92. The van der Waals surface area contributed by atoms with E-state index in [4.69, 9.17) is 0 Å². The molecule has 7 bridgehead atoms. The summed E-state index contributed by atoms with van der Waals surface area (Å²) < 4.78 is 0. The van der Waals surface area contributed by atoms with Crippen LogP contribution in [0.2, 0.25) is 0 Å². The van der Waals surface area contributed by atoms with Gasteiger partial charge in [-0.25, -0.2) is 0 Å². The van der Waals surface area contributed by atoms with E-state index < -0.39 is 0 Å². The molecular weight excluding hydrogens is 168 g/mol. The molecule has 10 atom stereocenters. The molecule has 14 heavy (non-hydrogen) atoms. The lowest BCUT2D eigenvalue weighted by molar-refractivity contribution is -0.149. The van der Waals surface area contributed by atoms with E-state index in [1.807, 2.05) is 0 Å². The molecule has 0 amide bonds. The van der Waals surface area contributed by atoms with Gasteiger partial charge in [0.05, 0.1) is 0 Å². The van der Waals surface area contributed by atoms with E-state index in [-0.39, 0.29) is 0 Å². The fraction of sp³-hybridized carbons (Fsp3) is 1.00. The Kier molecular flexibility index (Phi) is 0.494. The fourth-order valence-electron chi connectivity index (χ4n) is 9.53. The molecule has 8 fully saturated rings. The summed E-state index contributed by atoms with van der Waals surface area (Å²) in [4.78, 5) is 0. The number of fused-ring (bicyclic) bond motifs is 2. The molecule has 8 rings (SSSR count). The van der Waals surface area contributed by atoms with Crippen LogP contribution in [0.15, 0.2) is 0 Å². The molecule has 8 aliphatic rings. The Hall–Kier alpha value is 0. The summed E-state index contributed by atoms with van der Waals surface area (Å²) in [6.07, 6.45) is 6.84. The van der Waals surface area contributed by atoms with E-state index >= 15 is 0 Å². The molecule has 0 aromatic rings. The molecule has 72 valence electrons. The van der Waals surface area contributed by atoms with Gasteiger partial charge in [0.25, 0.3) is 0 Å². The van der Waals surface area contributed by atoms with Crippen LogP contribution in [0.25, 0.3) is 0 Å². The highest BCUT2D eigenvalue weighted by atomic mass is 15.0. The molecular formula is C14H16. The number of hydrogen-bond acceptors (Lipinski definition) is 0. The second kappa shape index (κ2) is 1.17. The van der Waals surface area contributed by atoms with Crippen molar-refractivity contribution < 1.29 is 0 Å². The Labute approximate surface area is 84.4 Å². The second-order valence-electron chi connectivity index (χ2n) is 7.88. The zero-order valence-corrected chi connectivity index (χ0v) is 8.45. The summed E-state index contributed by atoms with van der Waals surface area (Å²) in [5.74, 6) is 10.3. The largest absolute Gasteiger partial charge is 0.0467 e. The van der Waals surface area contributed by atoms with Gasteiger partial charge in [-0.05, 0) is 83.9 Å².